The van der Waals surface area contributed by atoms with Gasteiger partial charge in [-0.15, -0.1) is 0 Å². The molecule has 2 aliphatic carbocycles. The van der Waals surface area contributed by atoms with Crippen LogP contribution in [-0.2, 0) is 23.7 Å². The molecular formula is C33H47FO5. The van der Waals surface area contributed by atoms with E-state index in [0.717, 1.165) is 47.4 Å². The Kier molecular flexibility index (Phi) is 10.6. The van der Waals surface area contributed by atoms with Crippen molar-refractivity contribution in [3.05, 3.63) is 70.3 Å². The van der Waals surface area contributed by atoms with Gasteiger partial charge < -0.3 is 23.7 Å². The van der Waals surface area contributed by atoms with Crippen molar-refractivity contribution in [1.29, 1.82) is 0 Å². The Morgan fingerprint density at radius 2 is 2.10 bits per heavy atom. The Morgan fingerprint density at radius 3 is 2.74 bits per heavy atom. The standard InChI is InChI=1S/C33H47FO5/c1-22-15-28(38-21-32(5,6)20-35)16-23(2)31(22)25(4)29-11-13-33(7,30(29)17-34)39-24(3)9-10-26-18-37-19-27(26)12-14-36-8/h9-10,15-16,20,22,27,31H,4,11-14,17-19,21H2,1-3,5-8H3. The van der Waals surface area contributed by atoms with Gasteiger partial charge in [0.25, 0.3) is 0 Å². The van der Waals surface area contributed by atoms with Gasteiger partial charge in [-0.05, 0) is 94.7 Å². The van der Waals surface area contributed by atoms with Crippen molar-refractivity contribution in [2.45, 2.75) is 66.4 Å². The molecule has 0 N–H and O–H groups in total. The summed E-state index contributed by atoms with van der Waals surface area (Å²) in [6, 6.07) is 0. The lowest BCUT2D eigenvalue weighted by Crippen LogP contribution is -2.29. The van der Waals surface area contributed by atoms with Gasteiger partial charge in [0.2, 0.25) is 0 Å². The second-order valence-electron chi connectivity index (χ2n) is 12.2. The maximum absolute atomic E-state index is 14.6. The molecule has 4 atom stereocenters. The van der Waals surface area contributed by atoms with E-state index in [2.05, 4.69) is 32.6 Å². The summed E-state index contributed by atoms with van der Waals surface area (Å²) in [6.07, 6.45) is 11.4. The lowest BCUT2D eigenvalue weighted by atomic mass is 9.75. The fourth-order valence-electron chi connectivity index (χ4n) is 5.85. The van der Waals surface area contributed by atoms with E-state index in [4.69, 9.17) is 18.9 Å². The Hall–Kier alpha value is -2.44. The average molecular weight is 543 g/mol. The molecule has 39 heavy (non-hydrogen) atoms. The highest BCUT2D eigenvalue weighted by molar-refractivity contribution is 5.58. The number of allylic oxidation sites excluding steroid dienone is 8. The minimum absolute atomic E-state index is 0.0584. The normalized spacial score (nSPS) is 29.0. The van der Waals surface area contributed by atoms with E-state index in [0.29, 0.717) is 44.3 Å². The summed E-state index contributed by atoms with van der Waals surface area (Å²) in [4.78, 5) is 11.3. The molecule has 6 heteroatoms. The van der Waals surface area contributed by atoms with E-state index in [1.165, 1.54) is 5.57 Å². The molecule has 0 spiro atoms. The molecule has 1 aliphatic heterocycles. The van der Waals surface area contributed by atoms with Crippen LogP contribution in [0.5, 0.6) is 0 Å². The van der Waals surface area contributed by atoms with Gasteiger partial charge in [0.15, 0.2) is 0 Å². The van der Waals surface area contributed by atoms with Crippen LogP contribution in [0.2, 0.25) is 0 Å². The van der Waals surface area contributed by atoms with Crippen LogP contribution in [0.25, 0.3) is 0 Å². The van der Waals surface area contributed by atoms with Crippen LogP contribution < -0.4 is 0 Å². The van der Waals surface area contributed by atoms with Gasteiger partial charge >= 0.3 is 0 Å². The highest BCUT2D eigenvalue weighted by Crippen LogP contribution is 2.47. The third-order valence-electron chi connectivity index (χ3n) is 8.20. The van der Waals surface area contributed by atoms with Gasteiger partial charge in [-0.3, -0.25) is 0 Å². The topological polar surface area (TPSA) is 54.0 Å². The number of carbonyl (C=O) groups is 1. The van der Waals surface area contributed by atoms with Crippen LogP contribution >= 0.6 is 0 Å². The predicted octanol–water partition coefficient (Wildman–Crippen LogP) is 7.23. The van der Waals surface area contributed by atoms with E-state index < -0.39 is 17.7 Å². The number of hydrogen-bond acceptors (Lipinski definition) is 5. The predicted molar refractivity (Wildman–Crippen MR) is 154 cm³/mol. The van der Waals surface area contributed by atoms with Gasteiger partial charge in [0.05, 0.1) is 31.0 Å². The molecular weight excluding hydrogens is 495 g/mol. The number of carbonyl (C=O) groups excluding carboxylic acids is 1. The summed E-state index contributed by atoms with van der Waals surface area (Å²) in [7, 11) is 1.71. The summed E-state index contributed by atoms with van der Waals surface area (Å²) in [6.45, 7) is 18.1. The highest BCUT2D eigenvalue weighted by Gasteiger charge is 2.41. The van der Waals surface area contributed by atoms with Crippen LogP contribution in [0.1, 0.15) is 60.8 Å². The number of methoxy groups -OCH3 is 1. The summed E-state index contributed by atoms with van der Waals surface area (Å²) < 4.78 is 37.9. The first-order valence-electron chi connectivity index (χ1n) is 14.0. The summed E-state index contributed by atoms with van der Waals surface area (Å²) >= 11 is 0. The van der Waals surface area contributed by atoms with Crippen LogP contribution in [0, 0.1) is 23.2 Å². The van der Waals surface area contributed by atoms with E-state index in [9.17, 15) is 9.18 Å². The van der Waals surface area contributed by atoms with Crippen molar-refractivity contribution in [2.75, 3.05) is 40.2 Å². The SMILES string of the molecule is C=C(C1=C(CF)C(C)(OC(C)=CC=C2COCC2CCOC)CC1)C1C(C)=CC(OCC(C)(C)C=O)=CC1C. The molecule has 4 unspecified atom stereocenters. The Labute approximate surface area is 234 Å². The second-order valence-corrected chi connectivity index (χ2v) is 12.2. The molecule has 0 aromatic heterocycles. The van der Waals surface area contributed by atoms with Crippen molar-refractivity contribution in [2.24, 2.45) is 23.2 Å². The third-order valence-corrected chi connectivity index (χ3v) is 8.20. The Balaban J connectivity index is 1.74. The number of ether oxygens (including phenoxy) is 4. The minimum Gasteiger partial charge on any atom is -0.493 e. The number of aldehydes is 1. The van der Waals surface area contributed by atoms with Crippen molar-refractivity contribution >= 4 is 6.29 Å². The molecule has 3 aliphatic rings. The number of hydrogen-bond donors (Lipinski definition) is 0. The molecule has 0 aromatic carbocycles. The lowest BCUT2D eigenvalue weighted by Gasteiger charge is -2.32. The number of halogens is 1. The zero-order valence-corrected chi connectivity index (χ0v) is 24.9. The third kappa shape index (κ3) is 7.61. The summed E-state index contributed by atoms with van der Waals surface area (Å²) in [5, 5.41) is 0. The minimum atomic E-state index is -0.714. The van der Waals surface area contributed by atoms with Crippen molar-refractivity contribution in [3.63, 3.8) is 0 Å². The zero-order valence-electron chi connectivity index (χ0n) is 24.9. The van der Waals surface area contributed by atoms with Crippen molar-refractivity contribution < 1.29 is 28.1 Å². The Morgan fingerprint density at radius 1 is 1.36 bits per heavy atom. The lowest BCUT2D eigenvalue weighted by molar-refractivity contribution is -0.116. The first-order chi connectivity index (χ1) is 18.4. The van der Waals surface area contributed by atoms with Gasteiger partial charge in [-0.25, -0.2) is 4.39 Å². The van der Waals surface area contributed by atoms with Gasteiger partial charge in [-0.1, -0.05) is 25.2 Å². The fourth-order valence-corrected chi connectivity index (χ4v) is 5.85. The van der Waals surface area contributed by atoms with Gasteiger partial charge in [0, 0.05) is 31.1 Å². The number of rotatable bonds is 13. The largest absolute Gasteiger partial charge is 0.493 e. The first kappa shape index (κ1) is 31.1. The molecule has 0 amide bonds. The van der Waals surface area contributed by atoms with E-state index >= 15 is 0 Å². The molecule has 1 saturated heterocycles. The summed E-state index contributed by atoms with van der Waals surface area (Å²) in [5.41, 5.74) is 3.73. The maximum atomic E-state index is 14.6. The molecule has 0 aromatic rings. The highest BCUT2D eigenvalue weighted by atomic mass is 19.1. The number of alkyl halides is 1. The second kappa shape index (κ2) is 13.3. The fraction of sp³-hybridized carbons (Fsp3) is 0.606. The summed E-state index contributed by atoms with van der Waals surface area (Å²) in [5.74, 6) is 2.07. The molecule has 3 rings (SSSR count). The molecule has 0 bridgehead atoms. The molecule has 0 radical (unpaired) electrons. The van der Waals surface area contributed by atoms with Gasteiger partial charge in [0.1, 0.15) is 24.3 Å². The smallest absolute Gasteiger partial charge is 0.130 e. The first-order valence-corrected chi connectivity index (χ1v) is 14.0. The average Bonchev–Trinajstić information content (AvgIpc) is 3.47. The van der Waals surface area contributed by atoms with Crippen LogP contribution in [0.3, 0.4) is 0 Å². The Bertz CT molecular complexity index is 1080. The molecule has 216 valence electrons. The molecule has 1 fully saturated rings. The van der Waals surface area contributed by atoms with E-state index in [-0.39, 0.29) is 11.8 Å². The molecule has 5 nitrogen and oxygen atoms in total. The van der Waals surface area contributed by atoms with Gasteiger partial charge in [-0.2, -0.15) is 0 Å². The van der Waals surface area contributed by atoms with Crippen molar-refractivity contribution in [3.8, 4) is 0 Å². The van der Waals surface area contributed by atoms with Crippen molar-refractivity contribution in [1.82, 2.24) is 0 Å². The zero-order chi connectivity index (χ0) is 28.8. The maximum Gasteiger partial charge on any atom is 0.130 e. The molecule has 1 heterocycles. The van der Waals surface area contributed by atoms with Crippen LogP contribution in [0.15, 0.2) is 70.3 Å². The monoisotopic (exact) mass is 542 g/mol. The van der Waals surface area contributed by atoms with Crippen LogP contribution in [0.4, 0.5) is 4.39 Å². The van der Waals surface area contributed by atoms with E-state index in [1.54, 1.807) is 7.11 Å². The van der Waals surface area contributed by atoms with E-state index in [1.807, 2.05) is 39.8 Å². The van der Waals surface area contributed by atoms with Crippen LogP contribution in [-0.4, -0.2) is 52.1 Å². The molecule has 0 saturated carbocycles. The quantitative estimate of drug-likeness (QED) is 0.182.